The first kappa shape index (κ1) is 17.0. The van der Waals surface area contributed by atoms with Gasteiger partial charge in [-0.1, -0.05) is 29.8 Å². The third-order valence-corrected chi connectivity index (χ3v) is 4.36. The number of rotatable bonds is 6. The number of benzene rings is 1. The molecule has 128 valence electrons. The van der Waals surface area contributed by atoms with E-state index in [2.05, 4.69) is 25.8 Å². The molecule has 1 fully saturated rings. The predicted octanol–water partition coefficient (Wildman–Crippen LogP) is 1.82. The summed E-state index contributed by atoms with van der Waals surface area (Å²) in [4.78, 5) is 13.2. The molecule has 24 heavy (non-hydrogen) atoms. The first-order valence-corrected chi connectivity index (χ1v) is 8.40. The van der Waals surface area contributed by atoms with Gasteiger partial charge in [0.1, 0.15) is 6.61 Å². The largest absolute Gasteiger partial charge is 0.474 e. The summed E-state index contributed by atoms with van der Waals surface area (Å²) in [7, 11) is 0. The molecule has 0 radical (unpaired) electrons. The molecule has 2 heterocycles. The highest BCUT2D eigenvalue weighted by Gasteiger charge is 2.19. The molecule has 0 saturated carbocycles. The fraction of sp³-hybridized carbons (Fsp3) is 0.412. The number of aliphatic hydroxyl groups is 1. The third kappa shape index (κ3) is 4.35. The Morgan fingerprint density at radius 1 is 1.12 bits per heavy atom. The monoisotopic (exact) mass is 348 g/mol. The van der Waals surface area contributed by atoms with Crippen LogP contribution in [0.2, 0.25) is 5.02 Å². The zero-order chi connectivity index (χ0) is 16.8. The molecule has 2 aromatic rings. The number of hydrogen-bond donors (Lipinski definition) is 1. The average molecular weight is 349 g/mol. The topological polar surface area (TPSA) is 61.7 Å². The normalized spacial score (nSPS) is 15.5. The van der Waals surface area contributed by atoms with Crippen LogP contribution in [-0.4, -0.2) is 59.4 Å². The maximum Gasteiger partial charge on any atom is 0.234 e. The number of aliphatic hydroxyl groups excluding tert-OH is 1. The molecule has 1 aromatic heterocycles. The number of ether oxygens (including phenoxy) is 1. The highest BCUT2D eigenvalue weighted by Crippen LogP contribution is 2.20. The fourth-order valence-corrected chi connectivity index (χ4v) is 2.91. The van der Waals surface area contributed by atoms with E-state index in [1.165, 1.54) is 0 Å². The Labute approximate surface area is 146 Å². The summed E-state index contributed by atoms with van der Waals surface area (Å²) in [5.41, 5.74) is 1.16. The van der Waals surface area contributed by atoms with Crippen molar-refractivity contribution in [3.8, 4) is 5.88 Å². The Balaban J connectivity index is 1.56. The smallest absolute Gasteiger partial charge is 0.234 e. The molecule has 0 unspecified atom stereocenters. The van der Waals surface area contributed by atoms with Gasteiger partial charge < -0.3 is 14.7 Å². The highest BCUT2D eigenvalue weighted by atomic mass is 35.5. The van der Waals surface area contributed by atoms with Crippen LogP contribution in [0.25, 0.3) is 0 Å². The van der Waals surface area contributed by atoms with Crippen LogP contribution in [0, 0.1) is 0 Å². The van der Waals surface area contributed by atoms with Gasteiger partial charge in [-0.15, -0.1) is 0 Å². The van der Waals surface area contributed by atoms with E-state index in [9.17, 15) is 0 Å². The molecule has 1 N–H and O–H groups in total. The van der Waals surface area contributed by atoms with E-state index in [1.807, 2.05) is 18.2 Å². The van der Waals surface area contributed by atoms with Crippen molar-refractivity contribution in [2.45, 2.75) is 6.54 Å². The van der Waals surface area contributed by atoms with Gasteiger partial charge in [-0.25, -0.2) is 0 Å². The van der Waals surface area contributed by atoms with Crippen molar-refractivity contribution in [3.05, 3.63) is 47.2 Å². The molecule has 0 bridgehead atoms. The second-order valence-corrected chi connectivity index (χ2v) is 6.05. The Morgan fingerprint density at radius 2 is 1.92 bits per heavy atom. The van der Waals surface area contributed by atoms with Crippen LogP contribution in [0.5, 0.6) is 5.88 Å². The molecule has 1 aliphatic heterocycles. The summed E-state index contributed by atoms with van der Waals surface area (Å²) in [6.45, 7) is 4.68. The molecular formula is C17H21ClN4O2. The van der Waals surface area contributed by atoms with Crippen molar-refractivity contribution >= 4 is 17.4 Å². The lowest BCUT2D eigenvalue weighted by molar-refractivity contribution is 0.196. The zero-order valence-electron chi connectivity index (χ0n) is 13.4. The van der Waals surface area contributed by atoms with Gasteiger partial charge in [-0.3, -0.25) is 9.88 Å². The summed E-state index contributed by atoms with van der Waals surface area (Å²) in [5, 5.41) is 9.64. The molecular weight excluding hydrogens is 328 g/mol. The number of anilines is 1. The molecule has 3 rings (SSSR count). The maximum atomic E-state index is 8.82. The zero-order valence-corrected chi connectivity index (χ0v) is 14.2. The standard InChI is InChI=1S/C17H21ClN4O2/c18-15-4-2-1-3-14(15)13-21-5-7-22(8-6-21)16-11-19-12-17(20-16)24-10-9-23/h1-4,11-12,23H,5-10,13H2. The van der Waals surface area contributed by atoms with Crippen LogP contribution >= 0.6 is 11.6 Å². The van der Waals surface area contributed by atoms with Crippen LogP contribution in [0.15, 0.2) is 36.7 Å². The predicted molar refractivity (Wildman–Crippen MR) is 93.6 cm³/mol. The summed E-state index contributed by atoms with van der Waals surface area (Å²) < 4.78 is 5.32. The van der Waals surface area contributed by atoms with E-state index in [0.717, 1.165) is 49.1 Å². The number of nitrogens with zero attached hydrogens (tertiary/aromatic N) is 4. The second kappa shape index (κ2) is 8.28. The first-order valence-electron chi connectivity index (χ1n) is 8.02. The average Bonchev–Trinajstić information content (AvgIpc) is 2.63. The molecule has 7 heteroatoms. The lowest BCUT2D eigenvalue weighted by Crippen LogP contribution is -2.46. The summed E-state index contributed by atoms with van der Waals surface area (Å²) in [6, 6.07) is 7.97. The number of aromatic nitrogens is 2. The van der Waals surface area contributed by atoms with Crippen molar-refractivity contribution in [2.75, 3.05) is 44.3 Å². The molecule has 0 spiro atoms. The number of piperazine rings is 1. The second-order valence-electron chi connectivity index (χ2n) is 5.64. The minimum atomic E-state index is -0.0351. The molecule has 0 atom stereocenters. The van der Waals surface area contributed by atoms with E-state index >= 15 is 0 Å². The molecule has 6 nitrogen and oxygen atoms in total. The van der Waals surface area contributed by atoms with E-state index in [1.54, 1.807) is 12.4 Å². The van der Waals surface area contributed by atoms with Crippen LogP contribution in [-0.2, 0) is 6.54 Å². The summed E-state index contributed by atoms with van der Waals surface area (Å²) in [5.74, 6) is 1.25. The minimum absolute atomic E-state index is 0.0351. The van der Waals surface area contributed by atoms with Crippen LogP contribution < -0.4 is 9.64 Å². The van der Waals surface area contributed by atoms with Gasteiger partial charge in [-0.2, -0.15) is 4.98 Å². The van der Waals surface area contributed by atoms with Crippen molar-refractivity contribution in [2.24, 2.45) is 0 Å². The van der Waals surface area contributed by atoms with E-state index in [4.69, 9.17) is 21.4 Å². The van der Waals surface area contributed by atoms with Crippen molar-refractivity contribution in [1.29, 1.82) is 0 Å². The lowest BCUT2D eigenvalue weighted by Gasteiger charge is -2.35. The Bertz CT molecular complexity index is 663. The minimum Gasteiger partial charge on any atom is -0.474 e. The lowest BCUT2D eigenvalue weighted by atomic mass is 10.2. The number of halogens is 1. The quantitative estimate of drug-likeness (QED) is 0.859. The Hall–Kier alpha value is -1.89. The number of hydrogen-bond acceptors (Lipinski definition) is 6. The molecule has 1 aromatic carbocycles. The van der Waals surface area contributed by atoms with Gasteiger partial charge in [0.05, 0.1) is 19.0 Å². The van der Waals surface area contributed by atoms with E-state index in [0.29, 0.717) is 5.88 Å². The van der Waals surface area contributed by atoms with Gasteiger partial charge in [-0.05, 0) is 11.6 Å². The van der Waals surface area contributed by atoms with Gasteiger partial charge in [0.25, 0.3) is 0 Å². The SMILES string of the molecule is OCCOc1cncc(N2CCN(Cc3ccccc3Cl)CC2)n1. The van der Waals surface area contributed by atoms with Crippen molar-refractivity contribution < 1.29 is 9.84 Å². The van der Waals surface area contributed by atoms with Crippen molar-refractivity contribution in [1.82, 2.24) is 14.9 Å². The van der Waals surface area contributed by atoms with Gasteiger partial charge in [0.2, 0.25) is 5.88 Å². The van der Waals surface area contributed by atoms with Crippen LogP contribution in [0.1, 0.15) is 5.56 Å². The molecule has 0 amide bonds. The van der Waals surface area contributed by atoms with Crippen LogP contribution in [0.4, 0.5) is 5.82 Å². The van der Waals surface area contributed by atoms with E-state index < -0.39 is 0 Å². The third-order valence-electron chi connectivity index (χ3n) is 3.99. The van der Waals surface area contributed by atoms with Gasteiger partial charge in [0.15, 0.2) is 5.82 Å². The maximum absolute atomic E-state index is 8.82. The fourth-order valence-electron chi connectivity index (χ4n) is 2.71. The Kier molecular flexibility index (Phi) is 5.85. The van der Waals surface area contributed by atoms with Gasteiger partial charge >= 0.3 is 0 Å². The molecule has 1 aliphatic rings. The van der Waals surface area contributed by atoms with Crippen molar-refractivity contribution in [3.63, 3.8) is 0 Å². The summed E-state index contributed by atoms with van der Waals surface area (Å²) >= 11 is 6.24. The van der Waals surface area contributed by atoms with E-state index in [-0.39, 0.29) is 13.2 Å². The summed E-state index contributed by atoms with van der Waals surface area (Å²) in [6.07, 6.45) is 3.31. The van der Waals surface area contributed by atoms with Gasteiger partial charge in [0, 0.05) is 37.7 Å². The van der Waals surface area contributed by atoms with Crippen LogP contribution in [0.3, 0.4) is 0 Å². The first-order chi connectivity index (χ1) is 11.8. The molecule has 1 saturated heterocycles. The highest BCUT2D eigenvalue weighted by molar-refractivity contribution is 6.31. The Morgan fingerprint density at radius 3 is 2.67 bits per heavy atom. The molecule has 0 aliphatic carbocycles.